The molecule has 0 saturated heterocycles. The number of rotatable bonds is 8. The van der Waals surface area contributed by atoms with E-state index in [1.54, 1.807) is 18.2 Å². The first-order valence-electron chi connectivity index (χ1n) is 9.13. The largest absolute Gasteiger partial charge is 0.357 e. The van der Waals surface area contributed by atoms with Gasteiger partial charge in [-0.2, -0.15) is 0 Å². The minimum Gasteiger partial charge on any atom is -0.357 e. The third-order valence-electron chi connectivity index (χ3n) is 4.55. The molecule has 168 valence electrons. The summed E-state index contributed by atoms with van der Waals surface area (Å²) in [5.74, 6) is -1.95. The van der Waals surface area contributed by atoms with E-state index in [0.29, 0.717) is 14.9 Å². The van der Waals surface area contributed by atoms with Gasteiger partial charge in [-0.05, 0) is 36.8 Å². The molecule has 2 aromatic carbocycles. The molecule has 0 spiro atoms. The summed E-state index contributed by atoms with van der Waals surface area (Å²) in [5.41, 5.74) is 0.315. The minimum atomic E-state index is -4.00. The van der Waals surface area contributed by atoms with E-state index in [1.165, 1.54) is 37.1 Å². The zero-order valence-corrected chi connectivity index (χ0v) is 19.4. The van der Waals surface area contributed by atoms with Crippen LogP contribution in [-0.2, 0) is 26.2 Å². The number of anilines is 1. The molecule has 1 N–H and O–H groups in total. The predicted octanol–water partition coefficient (Wildman–Crippen LogP) is 3.06. The molecule has 0 fully saturated rings. The van der Waals surface area contributed by atoms with E-state index in [-0.39, 0.29) is 17.3 Å². The van der Waals surface area contributed by atoms with Crippen molar-refractivity contribution >= 4 is 50.7 Å². The van der Waals surface area contributed by atoms with Crippen LogP contribution in [0.25, 0.3) is 0 Å². The molecule has 0 aromatic heterocycles. The van der Waals surface area contributed by atoms with Crippen molar-refractivity contribution in [2.45, 2.75) is 19.5 Å². The highest BCUT2D eigenvalue weighted by Crippen LogP contribution is 2.25. The van der Waals surface area contributed by atoms with E-state index < -0.39 is 40.2 Å². The van der Waals surface area contributed by atoms with Gasteiger partial charge in [0.2, 0.25) is 21.8 Å². The second-order valence-corrected chi connectivity index (χ2v) is 9.50. The molecular formula is C20H22Cl2FN3O4S. The number of carbonyl (C=O) groups excluding carboxylic acids is 2. The van der Waals surface area contributed by atoms with E-state index in [4.69, 9.17) is 23.2 Å². The van der Waals surface area contributed by atoms with E-state index in [2.05, 4.69) is 5.32 Å². The quantitative estimate of drug-likeness (QED) is 0.617. The van der Waals surface area contributed by atoms with Gasteiger partial charge in [-0.1, -0.05) is 41.4 Å². The molecule has 0 radical (unpaired) electrons. The number of benzene rings is 2. The van der Waals surface area contributed by atoms with Gasteiger partial charge in [-0.3, -0.25) is 13.9 Å². The van der Waals surface area contributed by atoms with Gasteiger partial charge >= 0.3 is 0 Å². The maximum absolute atomic E-state index is 14.3. The molecule has 7 nitrogen and oxygen atoms in total. The zero-order valence-electron chi connectivity index (χ0n) is 17.1. The molecule has 2 rings (SSSR count). The Morgan fingerprint density at radius 1 is 1.13 bits per heavy atom. The molecule has 0 aliphatic carbocycles. The predicted molar refractivity (Wildman–Crippen MR) is 119 cm³/mol. The van der Waals surface area contributed by atoms with Crippen LogP contribution in [0.15, 0.2) is 42.5 Å². The summed E-state index contributed by atoms with van der Waals surface area (Å²) in [6.45, 7) is 0.768. The topological polar surface area (TPSA) is 86.8 Å². The van der Waals surface area contributed by atoms with Crippen molar-refractivity contribution in [3.05, 3.63) is 63.9 Å². The fraction of sp³-hybridized carbons (Fsp3) is 0.300. The molecule has 0 saturated carbocycles. The first-order chi connectivity index (χ1) is 14.5. The van der Waals surface area contributed by atoms with Crippen LogP contribution in [0.1, 0.15) is 12.5 Å². The molecule has 2 aromatic rings. The van der Waals surface area contributed by atoms with Crippen molar-refractivity contribution < 1.29 is 22.4 Å². The van der Waals surface area contributed by atoms with Crippen molar-refractivity contribution in [3.8, 4) is 0 Å². The number of nitrogens with zero attached hydrogens (tertiary/aromatic N) is 2. The number of nitrogens with one attached hydrogen (secondary N) is 1. The summed E-state index contributed by atoms with van der Waals surface area (Å²) in [4.78, 5) is 26.6. The fourth-order valence-electron chi connectivity index (χ4n) is 2.87. The molecule has 0 unspecified atom stereocenters. The molecule has 1 atom stereocenters. The van der Waals surface area contributed by atoms with Crippen LogP contribution in [0.2, 0.25) is 10.0 Å². The minimum absolute atomic E-state index is 0.0425. The van der Waals surface area contributed by atoms with E-state index in [9.17, 15) is 22.4 Å². The number of halogens is 3. The van der Waals surface area contributed by atoms with Crippen molar-refractivity contribution in [2.24, 2.45) is 0 Å². The van der Waals surface area contributed by atoms with Crippen LogP contribution < -0.4 is 9.62 Å². The second kappa shape index (κ2) is 10.3. The highest BCUT2D eigenvalue weighted by Gasteiger charge is 2.30. The lowest BCUT2D eigenvalue weighted by molar-refractivity contribution is -0.139. The number of sulfonamides is 1. The molecule has 0 heterocycles. The number of hydrogen-bond acceptors (Lipinski definition) is 4. The Bertz CT molecular complexity index is 1080. The van der Waals surface area contributed by atoms with Gasteiger partial charge in [-0.25, -0.2) is 12.8 Å². The SMILES string of the molecule is CNC(=O)[C@@H](C)N(Cc1ccc(Cl)c(Cl)c1)C(=O)CN(c1ccccc1F)S(C)(=O)=O. The summed E-state index contributed by atoms with van der Waals surface area (Å²) in [6, 6.07) is 9.02. The van der Waals surface area contributed by atoms with Crippen LogP contribution in [0.5, 0.6) is 0 Å². The highest BCUT2D eigenvalue weighted by atomic mass is 35.5. The Hall–Kier alpha value is -2.36. The Labute approximate surface area is 190 Å². The van der Waals surface area contributed by atoms with E-state index >= 15 is 0 Å². The highest BCUT2D eigenvalue weighted by molar-refractivity contribution is 7.92. The average molecular weight is 490 g/mol. The Kier molecular flexibility index (Phi) is 8.27. The molecule has 11 heteroatoms. The molecular weight excluding hydrogens is 468 g/mol. The smallest absolute Gasteiger partial charge is 0.244 e. The Morgan fingerprint density at radius 3 is 2.32 bits per heavy atom. The van der Waals surface area contributed by atoms with Gasteiger partial charge in [0.1, 0.15) is 18.4 Å². The molecule has 2 amide bonds. The van der Waals surface area contributed by atoms with E-state index in [1.807, 2.05) is 0 Å². The third-order valence-corrected chi connectivity index (χ3v) is 6.42. The molecule has 0 aliphatic heterocycles. The monoisotopic (exact) mass is 489 g/mol. The number of carbonyl (C=O) groups is 2. The number of likely N-dealkylation sites (N-methyl/N-ethyl adjacent to an activating group) is 1. The summed E-state index contributed by atoms with van der Waals surface area (Å²) < 4.78 is 39.6. The molecule has 0 bridgehead atoms. The third kappa shape index (κ3) is 6.32. The van der Waals surface area contributed by atoms with Crippen LogP contribution in [0.4, 0.5) is 10.1 Å². The maximum atomic E-state index is 14.3. The number of para-hydroxylation sites is 1. The molecule has 31 heavy (non-hydrogen) atoms. The maximum Gasteiger partial charge on any atom is 0.244 e. The zero-order chi connectivity index (χ0) is 23.3. The van der Waals surface area contributed by atoms with Gasteiger partial charge in [0, 0.05) is 13.6 Å². The summed E-state index contributed by atoms with van der Waals surface area (Å²) >= 11 is 12.0. The van der Waals surface area contributed by atoms with Crippen molar-refractivity contribution in [1.82, 2.24) is 10.2 Å². The fourth-order valence-corrected chi connectivity index (χ4v) is 4.05. The van der Waals surface area contributed by atoms with Crippen LogP contribution in [0.3, 0.4) is 0 Å². The first-order valence-corrected chi connectivity index (χ1v) is 11.7. The van der Waals surface area contributed by atoms with Crippen molar-refractivity contribution in [2.75, 3.05) is 24.2 Å². The number of amides is 2. The van der Waals surface area contributed by atoms with Gasteiger partial charge in [0.25, 0.3) is 0 Å². The summed E-state index contributed by atoms with van der Waals surface area (Å²) in [7, 11) is -2.58. The average Bonchev–Trinajstić information content (AvgIpc) is 2.71. The summed E-state index contributed by atoms with van der Waals surface area (Å²) in [5, 5.41) is 3.05. The lowest BCUT2D eigenvalue weighted by Crippen LogP contribution is -2.50. The van der Waals surface area contributed by atoms with Crippen LogP contribution >= 0.6 is 23.2 Å². The van der Waals surface area contributed by atoms with Crippen molar-refractivity contribution in [1.29, 1.82) is 0 Å². The lowest BCUT2D eigenvalue weighted by Gasteiger charge is -2.31. The second-order valence-electron chi connectivity index (χ2n) is 6.78. The van der Waals surface area contributed by atoms with Gasteiger partial charge in [0.15, 0.2) is 0 Å². The first kappa shape index (κ1) is 24.9. The van der Waals surface area contributed by atoms with E-state index in [0.717, 1.165) is 12.3 Å². The van der Waals surface area contributed by atoms with Gasteiger partial charge < -0.3 is 10.2 Å². The standard InChI is InChI=1S/C20H22Cl2FN3O4S/c1-13(20(28)24-2)25(11-14-8-9-15(21)16(22)10-14)19(27)12-26(31(3,29)30)18-7-5-4-6-17(18)23/h4-10,13H,11-12H2,1-3H3,(H,24,28)/t13-/m1/s1. The van der Waals surface area contributed by atoms with Gasteiger partial charge in [-0.15, -0.1) is 0 Å². The number of hydrogen-bond donors (Lipinski definition) is 1. The lowest BCUT2D eigenvalue weighted by atomic mass is 10.1. The Morgan fingerprint density at radius 2 is 1.77 bits per heavy atom. The van der Waals surface area contributed by atoms with Crippen LogP contribution in [-0.4, -0.2) is 51.0 Å². The molecule has 0 aliphatic rings. The van der Waals surface area contributed by atoms with Gasteiger partial charge in [0.05, 0.1) is 22.0 Å². The summed E-state index contributed by atoms with van der Waals surface area (Å²) in [6.07, 6.45) is 0.873. The normalized spacial score (nSPS) is 12.2. The Balaban J connectivity index is 2.41. The van der Waals surface area contributed by atoms with Crippen LogP contribution in [0, 0.1) is 5.82 Å². The van der Waals surface area contributed by atoms with Crippen molar-refractivity contribution in [3.63, 3.8) is 0 Å².